The monoisotopic (exact) mass is 445 g/mol. The number of nitrogens with zero attached hydrogens (tertiary/aromatic N) is 4. The molecule has 9 heteroatoms. The summed E-state index contributed by atoms with van der Waals surface area (Å²) < 4.78 is 7.61. The number of aromatic nitrogens is 2. The van der Waals surface area contributed by atoms with Crippen LogP contribution in [0.2, 0.25) is 0 Å². The Morgan fingerprint density at radius 3 is 2.62 bits per heavy atom. The summed E-state index contributed by atoms with van der Waals surface area (Å²) in [5.74, 6) is 0.800. The zero-order chi connectivity index (χ0) is 22.1. The van der Waals surface area contributed by atoms with Crippen molar-refractivity contribution in [1.29, 1.82) is 0 Å². The topological polar surface area (TPSA) is 89.4 Å². The fraction of sp³-hybridized carbons (Fsp3) is 0.130. The molecule has 0 radical (unpaired) electrons. The summed E-state index contributed by atoms with van der Waals surface area (Å²) in [6, 6.07) is 19.7. The standard InChI is InChI=1S/C23H19N5O3S/c29-28(30)17-10-8-16(9-11-17)26-13-3-7-20(26)22-21(19-6-1-2-12-24-19)25-23(32)27(22)15-18-5-4-14-31-18/h1-14,21-22H,15H2,(H,25,32)/t21-,22+/m1/s1. The van der Waals surface area contributed by atoms with E-state index in [1.165, 1.54) is 12.1 Å². The summed E-state index contributed by atoms with van der Waals surface area (Å²) >= 11 is 5.71. The van der Waals surface area contributed by atoms with Gasteiger partial charge < -0.3 is 19.2 Å². The van der Waals surface area contributed by atoms with Gasteiger partial charge in [-0.2, -0.15) is 0 Å². The molecule has 32 heavy (non-hydrogen) atoms. The summed E-state index contributed by atoms with van der Waals surface area (Å²) in [6.45, 7) is 0.498. The summed E-state index contributed by atoms with van der Waals surface area (Å²) in [5, 5.41) is 15.1. The molecular weight excluding hydrogens is 426 g/mol. The molecule has 4 heterocycles. The van der Waals surface area contributed by atoms with Crippen molar-refractivity contribution in [3.8, 4) is 5.69 Å². The quantitative estimate of drug-likeness (QED) is 0.265. The van der Waals surface area contributed by atoms with Gasteiger partial charge in [0.05, 0.1) is 35.5 Å². The zero-order valence-corrected chi connectivity index (χ0v) is 17.7. The number of nitrogens with one attached hydrogen (secondary N) is 1. The van der Waals surface area contributed by atoms with Gasteiger partial charge in [0.2, 0.25) is 0 Å². The first-order chi connectivity index (χ1) is 15.6. The van der Waals surface area contributed by atoms with E-state index in [4.69, 9.17) is 16.6 Å². The van der Waals surface area contributed by atoms with Crippen molar-refractivity contribution in [3.63, 3.8) is 0 Å². The zero-order valence-electron chi connectivity index (χ0n) is 16.9. The van der Waals surface area contributed by atoms with Gasteiger partial charge in [-0.25, -0.2) is 0 Å². The Bertz CT molecular complexity index is 1240. The largest absolute Gasteiger partial charge is 0.467 e. The average molecular weight is 446 g/mol. The van der Waals surface area contributed by atoms with Crippen molar-refractivity contribution in [2.45, 2.75) is 18.6 Å². The molecule has 1 N–H and O–H groups in total. The lowest BCUT2D eigenvalue weighted by Crippen LogP contribution is -2.29. The van der Waals surface area contributed by atoms with E-state index in [1.54, 1.807) is 24.6 Å². The van der Waals surface area contributed by atoms with E-state index < -0.39 is 4.92 Å². The van der Waals surface area contributed by atoms with E-state index in [1.807, 2.05) is 53.2 Å². The lowest BCUT2D eigenvalue weighted by Gasteiger charge is -2.28. The van der Waals surface area contributed by atoms with Crippen LogP contribution in [0.15, 0.2) is 89.8 Å². The molecule has 1 aliphatic heterocycles. The first-order valence-electron chi connectivity index (χ1n) is 10.0. The summed E-state index contributed by atoms with van der Waals surface area (Å²) in [7, 11) is 0. The predicted octanol–water partition coefficient (Wildman–Crippen LogP) is 4.55. The van der Waals surface area contributed by atoms with Crippen molar-refractivity contribution in [2.24, 2.45) is 0 Å². The number of rotatable bonds is 6. The molecule has 8 nitrogen and oxygen atoms in total. The van der Waals surface area contributed by atoms with Crippen LogP contribution in [-0.2, 0) is 6.54 Å². The lowest BCUT2D eigenvalue weighted by atomic mass is 10.0. The van der Waals surface area contributed by atoms with Gasteiger partial charge in [-0.05, 0) is 60.7 Å². The van der Waals surface area contributed by atoms with E-state index >= 15 is 0 Å². The van der Waals surface area contributed by atoms with E-state index in [9.17, 15) is 10.1 Å². The van der Waals surface area contributed by atoms with Crippen molar-refractivity contribution in [2.75, 3.05) is 0 Å². The highest BCUT2D eigenvalue weighted by molar-refractivity contribution is 7.80. The van der Waals surface area contributed by atoms with E-state index in [0.717, 1.165) is 22.8 Å². The molecule has 0 unspecified atom stereocenters. The van der Waals surface area contributed by atoms with Crippen LogP contribution in [0.4, 0.5) is 5.69 Å². The normalized spacial score (nSPS) is 18.0. The Morgan fingerprint density at radius 1 is 1.09 bits per heavy atom. The van der Waals surface area contributed by atoms with Crippen molar-refractivity contribution in [3.05, 3.63) is 113 Å². The van der Waals surface area contributed by atoms with Crippen LogP contribution < -0.4 is 5.32 Å². The molecule has 1 aromatic carbocycles. The molecule has 0 amide bonds. The molecule has 4 aromatic rings. The number of non-ortho nitro benzene ring substituents is 1. The minimum absolute atomic E-state index is 0.0528. The fourth-order valence-electron chi connectivity index (χ4n) is 4.07. The number of furan rings is 1. The van der Waals surface area contributed by atoms with E-state index in [0.29, 0.717) is 11.7 Å². The predicted molar refractivity (Wildman–Crippen MR) is 122 cm³/mol. The van der Waals surface area contributed by atoms with Gasteiger partial charge in [-0.15, -0.1) is 0 Å². The SMILES string of the molecule is O=[N+]([O-])c1ccc(-n2cccc2[C@H]2[C@@H](c3ccccn3)NC(=S)N2Cc2ccco2)cc1. The Morgan fingerprint density at radius 2 is 1.94 bits per heavy atom. The molecule has 5 rings (SSSR count). The molecule has 1 fully saturated rings. The molecule has 0 aliphatic carbocycles. The van der Waals surface area contributed by atoms with Gasteiger partial charge in [-0.1, -0.05) is 6.07 Å². The number of pyridine rings is 1. The number of nitro benzene ring substituents is 1. The Labute approximate surface area is 189 Å². The smallest absolute Gasteiger partial charge is 0.269 e. The molecule has 0 saturated carbocycles. The minimum Gasteiger partial charge on any atom is -0.467 e. The maximum Gasteiger partial charge on any atom is 0.269 e. The van der Waals surface area contributed by atoms with Crippen molar-refractivity contribution in [1.82, 2.24) is 19.8 Å². The van der Waals surface area contributed by atoms with Crippen LogP contribution in [0, 0.1) is 10.1 Å². The van der Waals surface area contributed by atoms with E-state index in [2.05, 4.69) is 15.2 Å². The number of thiocarbonyl (C=S) groups is 1. The van der Waals surface area contributed by atoms with Gasteiger partial charge in [0.15, 0.2) is 5.11 Å². The third-order valence-corrected chi connectivity index (χ3v) is 5.88. The fourth-order valence-corrected chi connectivity index (χ4v) is 4.38. The third-order valence-electron chi connectivity index (χ3n) is 5.53. The summed E-state index contributed by atoms with van der Waals surface area (Å²) in [4.78, 5) is 17.3. The van der Waals surface area contributed by atoms with Crippen LogP contribution >= 0.6 is 12.2 Å². The summed E-state index contributed by atoms with van der Waals surface area (Å²) in [6.07, 6.45) is 5.35. The first kappa shape index (κ1) is 20.0. The van der Waals surface area contributed by atoms with Gasteiger partial charge >= 0.3 is 0 Å². The van der Waals surface area contributed by atoms with Crippen LogP contribution in [0.25, 0.3) is 5.69 Å². The molecule has 0 bridgehead atoms. The molecule has 2 atom stereocenters. The molecule has 1 aliphatic rings. The average Bonchev–Trinajstić information content (AvgIpc) is 3.56. The van der Waals surface area contributed by atoms with E-state index in [-0.39, 0.29) is 17.8 Å². The second-order valence-electron chi connectivity index (χ2n) is 7.41. The molecule has 1 saturated heterocycles. The highest BCUT2D eigenvalue weighted by atomic mass is 32.1. The maximum atomic E-state index is 11.1. The second kappa shape index (κ2) is 8.27. The van der Waals surface area contributed by atoms with Gasteiger partial charge in [-0.3, -0.25) is 15.1 Å². The third kappa shape index (κ3) is 3.63. The molecule has 0 spiro atoms. The highest BCUT2D eigenvalue weighted by Crippen LogP contribution is 2.40. The molecule has 160 valence electrons. The van der Waals surface area contributed by atoms with Gasteiger partial charge in [0, 0.05) is 35.9 Å². The minimum atomic E-state index is -0.401. The Hall–Kier alpha value is -3.98. The molecule has 3 aromatic heterocycles. The van der Waals surface area contributed by atoms with Crippen LogP contribution in [0.5, 0.6) is 0 Å². The van der Waals surface area contributed by atoms with Gasteiger partial charge in [0.25, 0.3) is 5.69 Å². The Balaban J connectivity index is 1.58. The summed E-state index contributed by atoms with van der Waals surface area (Å²) in [5.41, 5.74) is 2.73. The Kier molecular flexibility index (Phi) is 5.16. The number of hydrogen-bond donors (Lipinski definition) is 1. The van der Waals surface area contributed by atoms with Crippen molar-refractivity contribution >= 4 is 23.0 Å². The first-order valence-corrected chi connectivity index (χ1v) is 10.4. The maximum absolute atomic E-state index is 11.1. The number of benzene rings is 1. The van der Waals surface area contributed by atoms with Crippen LogP contribution in [0.3, 0.4) is 0 Å². The number of nitro groups is 1. The van der Waals surface area contributed by atoms with Gasteiger partial charge in [0.1, 0.15) is 5.76 Å². The van der Waals surface area contributed by atoms with Crippen LogP contribution in [0.1, 0.15) is 29.2 Å². The highest BCUT2D eigenvalue weighted by Gasteiger charge is 2.41. The second-order valence-corrected chi connectivity index (χ2v) is 7.80. The molecular formula is C23H19N5O3S. The number of hydrogen-bond acceptors (Lipinski definition) is 5. The van der Waals surface area contributed by atoms with Crippen molar-refractivity contribution < 1.29 is 9.34 Å². The lowest BCUT2D eigenvalue weighted by molar-refractivity contribution is -0.384. The van der Waals surface area contributed by atoms with Crippen LogP contribution in [-0.4, -0.2) is 24.5 Å².